The molecule has 3 aromatic rings. The zero-order chi connectivity index (χ0) is 20.1. The fourth-order valence-electron chi connectivity index (χ4n) is 3.41. The molecule has 0 radical (unpaired) electrons. The van der Waals surface area contributed by atoms with Crippen LogP contribution < -0.4 is 10.1 Å². The molecule has 4 rings (SSSR count). The van der Waals surface area contributed by atoms with Gasteiger partial charge in [-0.2, -0.15) is 0 Å². The fourth-order valence-corrected chi connectivity index (χ4v) is 4.32. The number of benzene rings is 1. The van der Waals surface area contributed by atoms with Gasteiger partial charge in [0, 0.05) is 37.0 Å². The normalized spacial score (nSPS) is 13.8. The highest BCUT2D eigenvalue weighted by atomic mass is 32.1. The molecule has 8 heteroatoms. The molecule has 7 nitrogen and oxygen atoms in total. The lowest BCUT2D eigenvalue weighted by Crippen LogP contribution is -2.33. The Morgan fingerprint density at radius 3 is 2.90 bits per heavy atom. The van der Waals surface area contributed by atoms with Crippen molar-refractivity contribution in [3.8, 4) is 17.0 Å². The molecule has 2 aromatic heterocycles. The first-order valence-corrected chi connectivity index (χ1v) is 10.6. The molecule has 1 fully saturated rings. The van der Waals surface area contributed by atoms with Gasteiger partial charge in [0.2, 0.25) is 11.8 Å². The van der Waals surface area contributed by atoms with Crippen LogP contribution >= 0.6 is 11.3 Å². The first kappa shape index (κ1) is 19.3. The van der Waals surface area contributed by atoms with Crippen molar-refractivity contribution in [1.29, 1.82) is 0 Å². The van der Waals surface area contributed by atoms with E-state index in [0.29, 0.717) is 25.4 Å². The maximum Gasteiger partial charge on any atom is 0.258 e. The summed E-state index contributed by atoms with van der Waals surface area (Å²) in [6, 6.07) is 9.97. The van der Waals surface area contributed by atoms with Crippen LogP contribution in [0, 0.1) is 0 Å². The van der Waals surface area contributed by atoms with E-state index in [0.717, 1.165) is 40.7 Å². The van der Waals surface area contributed by atoms with Gasteiger partial charge in [0.1, 0.15) is 11.2 Å². The van der Waals surface area contributed by atoms with E-state index in [-0.39, 0.29) is 18.4 Å². The number of hydrogen-bond donors (Lipinski definition) is 1. The van der Waals surface area contributed by atoms with Gasteiger partial charge in [-0.25, -0.2) is 9.97 Å². The number of carbonyl (C=O) groups is 2. The molecule has 1 aliphatic heterocycles. The van der Waals surface area contributed by atoms with E-state index < -0.39 is 0 Å². The van der Waals surface area contributed by atoms with Gasteiger partial charge in [0.25, 0.3) is 5.91 Å². The summed E-state index contributed by atoms with van der Waals surface area (Å²) in [4.78, 5) is 35.0. The van der Waals surface area contributed by atoms with Crippen LogP contribution in [0.4, 0.5) is 0 Å². The minimum Gasteiger partial charge on any atom is -0.467 e. The first-order chi connectivity index (χ1) is 14.2. The third-order valence-corrected chi connectivity index (χ3v) is 5.74. The molecule has 29 heavy (non-hydrogen) atoms. The number of carbonyl (C=O) groups excluding carboxylic acids is 2. The molecule has 0 atom stereocenters. The van der Waals surface area contributed by atoms with Crippen molar-refractivity contribution >= 4 is 33.4 Å². The van der Waals surface area contributed by atoms with Gasteiger partial charge < -0.3 is 15.0 Å². The highest BCUT2D eigenvalue weighted by Gasteiger charge is 2.19. The maximum absolute atomic E-state index is 12.1. The van der Waals surface area contributed by atoms with Crippen LogP contribution in [0.2, 0.25) is 0 Å². The van der Waals surface area contributed by atoms with E-state index in [1.54, 1.807) is 0 Å². The quantitative estimate of drug-likeness (QED) is 0.577. The predicted octanol–water partition coefficient (Wildman–Crippen LogP) is 2.87. The number of amides is 2. The van der Waals surface area contributed by atoms with E-state index in [9.17, 15) is 9.59 Å². The average molecular weight is 410 g/mol. The number of fused-ring (bicyclic) bond motifs is 1. The second-order valence-corrected chi connectivity index (χ2v) is 7.71. The summed E-state index contributed by atoms with van der Waals surface area (Å²) in [5.41, 5.74) is 2.05. The smallest absolute Gasteiger partial charge is 0.258 e. The van der Waals surface area contributed by atoms with Gasteiger partial charge in [0.05, 0.1) is 5.39 Å². The van der Waals surface area contributed by atoms with Crippen molar-refractivity contribution in [2.24, 2.45) is 0 Å². The van der Waals surface area contributed by atoms with Gasteiger partial charge >= 0.3 is 0 Å². The molecule has 1 N–H and O–H groups in total. The molecule has 2 amide bonds. The molecule has 0 bridgehead atoms. The molecular formula is C21H22N4O3S. The average Bonchev–Trinajstić information content (AvgIpc) is 3.37. The Hall–Kier alpha value is -3.00. The second-order valence-electron chi connectivity index (χ2n) is 6.85. The van der Waals surface area contributed by atoms with Crippen LogP contribution in [0.25, 0.3) is 21.3 Å². The zero-order valence-electron chi connectivity index (χ0n) is 16.0. The Morgan fingerprint density at radius 1 is 1.24 bits per heavy atom. The second kappa shape index (κ2) is 9.00. The number of rotatable bonds is 8. The van der Waals surface area contributed by atoms with E-state index in [4.69, 9.17) is 4.74 Å². The Morgan fingerprint density at radius 2 is 2.10 bits per heavy atom. The molecule has 3 heterocycles. The van der Waals surface area contributed by atoms with Crippen LogP contribution in [-0.4, -0.2) is 52.9 Å². The largest absolute Gasteiger partial charge is 0.467 e. The molecule has 0 saturated carbocycles. The van der Waals surface area contributed by atoms with Crippen molar-refractivity contribution < 1.29 is 14.3 Å². The zero-order valence-corrected chi connectivity index (χ0v) is 16.8. The summed E-state index contributed by atoms with van der Waals surface area (Å²) in [6.45, 7) is 1.91. The van der Waals surface area contributed by atoms with Crippen molar-refractivity contribution in [2.75, 3.05) is 26.2 Å². The van der Waals surface area contributed by atoms with Crippen molar-refractivity contribution in [2.45, 2.75) is 19.3 Å². The first-order valence-electron chi connectivity index (χ1n) is 9.67. The van der Waals surface area contributed by atoms with E-state index in [1.807, 2.05) is 40.6 Å². The highest BCUT2D eigenvalue weighted by molar-refractivity contribution is 7.17. The Balaban J connectivity index is 1.34. The minimum atomic E-state index is -0.207. The van der Waals surface area contributed by atoms with E-state index in [2.05, 4.69) is 15.3 Å². The van der Waals surface area contributed by atoms with Crippen molar-refractivity contribution in [1.82, 2.24) is 20.2 Å². The predicted molar refractivity (Wildman–Crippen MR) is 112 cm³/mol. The minimum absolute atomic E-state index is 0.112. The Bertz CT molecular complexity index is 1010. The number of thiophene rings is 1. The van der Waals surface area contributed by atoms with Crippen LogP contribution in [0.5, 0.6) is 5.88 Å². The van der Waals surface area contributed by atoms with Crippen LogP contribution in [0.15, 0.2) is 42.0 Å². The van der Waals surface area contributed by atoms with Gasteiger partial charge in [-0.1, -0.05) is 30.3 Å². The highest BCUT2D eigenvalue weighted by Crippen LogP contribution is 2.37. The molecule has 1 aliphatic rings. The summed E-state index contributed by atoms with van der Waals surface area (Å²) >= 11 is 1.52. The summed E-state index contributed by atoms with van der Waals surface area (Å²) in [6.07, 6.45) is 3.76. The summed E-state index contributed by atoms with van der Waals surface area (Å²) in [7, 11) is 0. The van der Waals surface area contributed by atoms with Crippen LogP contribution in [0.1, 0.15) is 19.3 Å². The summed E-state index contributed by atoms with van der Waals surface area (Å²) < 4.78 is 5.73. The van der Waals surface area contributed by atoms with Crippen LogP contribution in [0.3, 0.4) is 0 Å². The molecule has 0 spiro atoms. The van der Waals surface area contributed by atoms with Gasteiger partial charge in [-0.3, -0.25) is 9.59 Å². The Kier molecular flexibility index (Phi) is 6.00. The number of hydrogen-bond acceptors (Lipinski definition) is 6. The van der Waals surface area contributed by atoms with Crippen molar-refractivity contribution in [3.63, 3.8) is 0 Å². The number of nitrogens with zero attached hydrogens (tertiary/aromatic N) is 3. The number of aromatic nitrogens is 2. The maximum atomic E-state index is 12.1. The molecule has 1 saturated heterocycles. The van der Waals surface area contributed by atoms with E-state index >= 15 is 0 Å². The molecule has 0 aliphatic carbocycles. The van der Waals surface area contributed by atoms with Crippen molar-refractivity contribution in [3.05, 3.63) is 42.0 Å². The SMILES string of the molecule is O=C(COc1ncnc2scc(-c3ccccc3)c12)NCCCN1CCCC1=O. The van der Waals surface area contributed by atoms with Gasteiger partial charge in [-0.15, -0.1) is 11.3 Å². The number of ether oxygens (including phenoxy) is 1. The lowest BCUT2D eigenvalue weighted by Gasteiger charge is -2.15. The number of nitrogens with one attached hydrogen (secondary N) is 1. The fraction of sp³-hybridized carbons (Fsp3) is 0.333. The van der Waals surface area contributed by atoms with E-state index in [1.165, 1.54) is 17.7 Å². The summed E-state index contributed by atoms with van der Waals surface area (Å²) in [5.74, 6) is 0.409. The lowest BCUT2D eigenvalue weighted by molar-refractivity contribution is -0.127. The summed E-state index contributed by atoms with van der Waals surface area (Å²) in [5, 5.41) is 5.69. The third kappa shape index (κ3) is 4.54. The monoisotopic (exact) mass is 410 g/mol. The Labute approximate surface area is 172 Å². The molecular weight excluding hydrogens is 388 g/mol. The number of likely N-dealkylation sites (tertiary alicyclic amines) is 1. The lowest BCUT2D eigenvalue weighted by atomic mass is 10.1. The standard InChI is InChI=1S/C21H22N4O3S/c26-17(22-9-5-11-25-10-4-8-18(25)27)12-28-20-19-16(15-6-2-1-3-7-15)13-29-21(19)24-14-23-20/h1-3,6-7,13-14H,4-5,8-12H2,(H,22,26). The third-order valence-electron chi connectivity index (χ3n) is 4.86. The van der Waals surface area contributed by atoms with Gasteiger partial charge in [0.15, 0.2) is 6.61 Å². The van der Waals surface area contributed by atoms with Crippen LogP contribution in [-0.2, 0) is 9.59 Å². The molecule has 150 valence electrons. The molecule has 1 aromatic carbocycles. The molecule has 0 unspecified atom stereocenters. The topological polar surface area (TPSA) is 84.4 Å². The van der Waals surface area contributed by atoms with Gasteiger partial charge in [-0.05, 0) is 18.4 Å².